The Balaban J connectivity index is 1.80. The topological polar surface area (TPSA) is 250 Å². The van der Waals surface area contributed by atoms with E-state index < -0.39 is 65.8 Å². The molecule has 6 atom stereocenters. The van der Waals surface area contributed by atoms with Crippen LogP contribution in [0.15, 0.2) is 17.1 Å². The van der Waals surface area contributed by atoms with Crippen molar-refractivity contribution in [3.8, 4) is 0 Å². The van der Waals surface area contributed by atoms with Crippen molar-refractivity contribution in [3.63, 3.8) is 0 Å². The van der Waals surface area contributed by atoms with Gasteiger partial charge >= 0.3 is 29.2 Å². The molecule has 3 rings (SSSR count). The van der Waals surface area contributed by atoms with Gasteiger partial charge in [-0.05, 0) is 24.8 Å². The molecule has 2 aliphatic rings. The summed E-state index contributed by atoms with van der Waals surface area (Å²) in [7, 11) is -16.9. The van der Waals surface area contributed by atoms with Gasteiger partial charge < -0.3 is 35.2 Å². The maximum atomic E-state index is 14.9. The van der Waals surface area contributed by atoms with Crippen LogP contribution in [0.25, 0.3) is 0 Å². The average Bonchev–Trinajstić information content (AvgIpc) is 3.41. The highest BCUT2D eigenvalue weighted by Crippen LogP contribution is 2.67. The number of phosphoric acid groups is 3. The van der Waals surface area contributed by atoms with Crippen molar-refractivity contribution >= 4 is 29.3 Å². The Morgan fingerprint density at radius 3 is 2.38 bits per heavy atom. The molecule has 0 amide bonds. The third-order valence-corrected chi connectivity index (χ3v) is 8.46. The van der Waals surface area contributed by atoms with Crippen molar-refractivity contribution in [2.24, 2.45) is 5.92 Å². The van der Waals surface area contributed by atoms with E-state index in [1.54, 1.807) is 0 Å². The van der Waals surface area contributed by atoms with E-state index in [9.17, 15) is 37.8 Å². The molecule has 0 aromatic carbocycles. The molecule has 2 unspecified atom stereocenters. The second kappa shape index (κ2) is 8.62. The fraction of sp³-hybridized carbons (Fsp3) is 0.667. The minimum Gasteiger partial charge on any atom is -0.387 e. The minimum absolute atomic E-state index is 0.152. The molecule has 0 radical (unpaired) electrons. The first-order valence-electron chi connectivity index (χ1n) is 8.68. The van der Waals surface area contributed by atoms with Gasteiger partial charge in [-0.15, -0.1) is 0 Å². The van der Waals surface area contributed by atoms with Crippen LogP contribution in [0.4, 0.5) is 10.2 Å². The first-order valence-corrected chi connectivity index (χ1v) is 13.2. The third kappa shape index (κ3) is 5.70. The van der Waals surface area contributed by atoms with E-state index in [1.165, 1.54) is 6.07 Å². The van der Waals surface area contributed by atoms with Gasteiger partial charge in [0.25, 0.3) is 0 Å². The summed E-state index contributed by atoms with van der Waals surface area (Å²) < 4.78 is 67.1. The van der Waals surface area contributed by atoms with Gasteiger partial charge in [0.1, 0.15) is 17.5 Å². The van der Waals surface area contributed by atoms with E-state index in [2.05, 4.69) is 18.1 Å². The Hall–Kier alpha value is -1.06. The molecule has 7 N–H and O–H groups in total. The molecule has 32 heavy (non-hydrogen) atoms. The largest absolute Gasteiger partial charge is 0.490 e. The predicted molar refractivity (Wildman–Crippen MR) is 99.2 cm³/mol. The molecule has 1 saturated heterocycles. The van der Waals surface area contributed by atoms with Crippen LogP contribution < -0.4 is 11.4 Å². The molecule has 20 heteroatoms. The SMILES string of the molecule is Nc1ccn([C@@H]2O[C@@](COP(=O)(O)OP(=O)(O)OP(=O)(O)O)(C3CC3)[C@@H](O)[C@H]2F)c(=O)n1. The fourth-order valence-electron chi connectivity index (χ4n) is 3.25. The first kappa shape index (κ1) is 25.6. The van der Waals surface area contributed by atoms with Crippen LogP contribution in [0.3, 0.4) is 0 Å². The molecule has 0 bridgehead atoms. The van der Waals surface area contributed by atoms with Gasteiger partial charge in [0.2, 0.25) is 0 Å². The number of alkyl halides is 1. The second-order valence-electron chi connectivity index (χ2n) is 7.03. The number of nitrogen functional groups attached to an aromatic ring is 1. The number of aliphatic hydroxyl groups is 1. The van der Waals surface area contributed by atoms with E-state index >= 15 is 0 Å². The Morgan fingerprint density at radius 1 is 1.22 bits per heavy atom. The highest BCUT2D eigenvalue weighted by atomic mass is 31.3. The van der Waals surface area contributed by atoms with Crippen molar-refractivity contribution in [3.05, 3.63) is 22.7 Å². The van der Waals surface area contributed by atoms with Crippen molar-refractivity contribution in [2.75, 3.05) is 12.3 Å². The minimum atomic E-state index is -5.77. The number of anilines is 1. The third-order valence-electron chi connectivity index (χ3n) is 4.68. The maximum Gasteiger partial charge on any atom is 0.490 e. The predicted octanol–water partition coefficient (Wildman–Crippen LogP) is -0.455. The highest BCUT2D eigenvalue weighted by molar-refractivity contribution is 7.66. The van der Waals surface area contributed by atoms with Gasteiger partial charge in [-0.1, -0.05) is 0 Å². The Kier molecular flexibility index (Phi) is 6.88. The zero-order valence-electron chi connectivity index (χ0n) is 15.8. The molecule has 1 aromatic heterocycles. The number of aliphatic hydroxyl groups excluding tert-OH is 1. The van der Waals surface area contributed by atoms with Gasteiger partial charge in [-0.2, -0.15) is 13.6 Å². The standard InChI is InChI=1S/C12H19FN3O13P3/c13-8-9(17)12(6-1-2-6,27-10(8)16-4-3-7(14)15-11(16)18)5-26-31(22,23)29-32(24,25)28-30(19,20)21/h3-4,6,8-10,17H,1-2,5H2,(H,22,23)(H,24,25)(H2,14,15,18)(H2,19,20,21)/t8-,9+,10-,12+/m1/s1. The van der Waals surface area contributed by atoms with Crippen LogP contribution in [-0.4, -0.2) is 58.7 Å². The van der Waals surface area contributed by atoms with Crippen LogP contribution >= 0.6 is 23.5 Å². The molecular weight excluding hydrogens is 506 g/mol. The fourth-order valence-corrected chi connectivity index (χ4v) is 6.31. The summed E-state index contributed by atoms with van der Waals surface area (Å²) in [5.41, 5.74) is 2.41. The van der Waals surface area contributed by atoms with Gasteiger partial charge in [-0.25, -0.2) is 22.9 Å². The van der Waals surface area contributed by atoms with E-state index in [4.69, 9.17) is 20.3 Å². The summed E-state index contributed by atoms with van der Waals surface area (Å²) in [4.78, 5) is 51.4. The smallest absolute Gasteiger partial charge is 0.387 e. The lowest BCUT2D eigenvalue weighted by molar-refractivity contribution is -0.139. The van der Waals surface area contributed by atoms with Crippen LogP contribution in [0.1, 0.15) is 19.1 Å². The van der Waals surface area contributed by atoms with E-state index in [-0.39, 0.29) is 5.82 Å². The normalized spacial score (nSPS) is 32.4. The molecule has 182 valence electrons. The first-order chi connectivity index (χ1) is 14.6. The van der Waals surface area contributed by atoms with Gasteiger partial charge in [0.05, 0.1) is 6.61 Å². The van der Waals surface area contributed by atoms with Gasteiger partial charge in [-0.3, -0.25) is 9.09 Å². The number of nitrogens with two attached hydrogens (primary N) is 1. The number of hydrogen-bond donors (Lipinski definition) is 6. The molecule has 1 aliphatic carbocycles. The molecule has 1 aromatic rings. The summed E-state index contributed by atoms with van der Waals surface area (Å²) in [5.74, 6) is -0.744. The van der Waals surface area contributed by atoms with E-state index in [0.717, 1.165) is 6.20 Å². The summed E-state index contributed by atoms with van der Waals surface area (Å²) in [5, 5.41) is 10.5. The summed E-state index contributed by atoms with van der Waals surface area (Å²) in [6.45, 7) is -1.06. The number of aromatic nitrogens is 2. The van der Waals surface area contributed by atoms with Crippen molar-refractivity contribution in [1.29, 1.82) is 0 Å². The molecule has 2 fully saturated rings. The number of ether oxygens (including phenoxy) is 1. The summed E-state index contributed by atoms with van der Waals surface area (Å²) >= 11 is 0. The van der Waals surface area contributed by atoms with E-state index in [0.29, 0.717) is 17.4 Å². The van der Waals surface area contributed by atoms with Crippen LogP contribution in [0, 0.1) is 5.92 Å². The zero-order valence-corrected chi connectivity index (χ0v) is 18.5. The number of nitrogens with zero attached hydrogens (tertiary/aromatic N) is 2. The lowest BCUT2D eigenvalue weighted by Crippen LogP contribution is -2.48. The maximum absolute atomic E-state index is 14.9. The molecule has 2 heterocycles. The van der Waals surface area contributed by atoms with Gasteiger partial charge in [0, 0.05) is 6.20 Å². The number of halogens is 1. The summed E-state index contributed by atoms with van der Waals surface area (Å²) in [6, 6.07) is 1.17. The lowest BCUT2D eigenvalue weighted by Gasteiger charge is -2.32. The molecular formula is C12H19FN3O13P3. The Bertz CT molecular complexity index is 1080. The number of hydrogen-bond acceptors (Lipinski definition) is 11. The quantitative estimate of drug-likeness (QED) is 0.223. The Morgan fingerprint density at radius 2 is 1.84 bits per heavy atom. The zero-order chi connectivity index (χ0) is 24.1. The monoisotopic (exact) mass is 525 g/mol. The van der Waals surface area contributed by atoms with Crippen LogP contribution in [0.5, 0.6) is 0 Å². The van der Waals surface area contributed by atoms with Crippen molar-refractivity contribution < 1.29 is 60.6 Å². The molecule has 1 aliphatic heterocycles. The number of rotatable bonds is 9. The van der Waals surface area contributed by atoms with Crippen LogP contribution in [0.2, 0.25) is 0 Å². The number of phosphoric ester groups is 1. The van der Waals surface area contributed by atoms with Gasteiger partial charge in [0.15, 0.2) is 12.4 Å². The average molecular weight is 525 g/mol. The molecule has 0 spiro atoms. The lowest BCUT2D eigenvalue weighted by atomic mass is 9.91. The van der Waals surface area contributed by atoms with Crippen molar-refractivity contribution in [1.82, 2.24) is 9.55 Å². The molecule has 1 saturated carbocycles. The second-order valence-corrected chi connectivity index (χ2v) is 11.5. The van der Waals surface area contributed by atoms with E-state index in [1.807, 2.05) is 0 Å². The highest BCUT2D eigenvalue weighted by Gasteiger charge is 2.63. The summed E-state index contributed by atoms with van der Waals surface area (Å²) in [6.07, 6.45) is -4.08. The van der Waals surface area contributed by atoms with Crippen LogP contribution in [-0.2, 0) is 31.6 Å². The van der Waals surface area contributed by atoms with Crippen molar-refractivity contribution in [2.45, 2.75) is 36.9 Å². The Labute approximate surface area is 178 Å². The molecule has 16 nitrogen and oxygen atoms in total.